The highest BCUT2D eigenvalue weighted by Crippen LogP contribution is 2.30. The summed E-state index contributed by atoms with van der Waals surface area (Å²) < 4.78 is 0. The normalized spacial score (nSPS) is 18.0. The maximum absolute atomic E-state index is 12.7. The SMILES string of the molecule is Cc1cc(C)c(N2CC[C@@H](NC(=O)C(C)(C)C#N)C2=O)c(C)c1. The van der Waals surface area contributed by atoms with Gasteiger partial charge in [-0.25, -0.2) is 0 Å². The van der Waals surface area contributed by atoms with Gasteiger partial charge in [0.1, 0.15) is 11.5 Å². The van der Waals surface area contributed by atoms with Crippen LogP contribution in [-0.4, -0.2) is 24.4 Å². The molecule has 0 aromatic heterocycles. The van der Waals surface area contributed by atoms with Crippen LogP contribution < -0.4 is 10.2 Å². The first-order valence-corrected chi connectivity index (χ1v) is 7.79. The van der Waals surface area contributed by atoms with Crippen LogP contribution in [-0.2, 0) is 9.59 Å². The first kappa shape index (κ1) is 17.0. The van der Waals surface area contributed by atoms with Crippen LogP contribution >= 0.6 is 0 Å². The zero-order valence-corrected chi connectivity index (χ0v) is 14.4. The zero-order valence-electron chi connectivity index (χ0n) is 14.4. The smallest absolute Gasteiger partial charge is 0.249 e. The number of hydrogen-bond donors (Lipinski definition) is 1. The van der Waals surface area contributed by atoms with Crippen LogP contribution in [0.3, 0.4) is 0 Å². The van der Waals surface area contributed by atoms with Crippen molar-refractivity contribution in [3.8, 4) is 6.07 Å². The maximum Gasteiger partial charge on any atom is 0.249 e. The fraction of sp³-hybridized carbons (Fsp3) is 0.500. The maximum atomic E-state index is 12.7. The number of anilines is 1. The van der Waals surface area contributed by atoms with Gasteiger partial charge in [0.05, 0.1) is 6.07 Å². The van der Waals surface area contributed by atoms with Crippen molar-refractivity contribution in [3.63, 3.8) is 0 Å². The predicted octanol–water partition coefficient (Wildman–Crippen LogP) is 2.38. The minimum atomic E-state index is -1.14. The summed E-state index contributed by atoms with van der Waals surface area (Å²) in [6.07, 6.45) is 0.554. The van der Waals surface area contributed by atoms with E-state index in [4.69, 9.17) is 5.26 Å². The summed E-state index contributed by atoms with van der Waals surface area (Å²) in [6, 6.07) is 5.51. The molecule has 1 atom stereocenters. The molecule has 1 fully saturated rings. The van der Waals surface area contributed by atoms with Crippen LogP contribution in [0.5, 0.6) is 0 Å². The molecular weight excluding hydrogens is 290 g/mol. The van der Waals surface area contributed by atoms with Crippen molar-refractivity contribution >= 4 is 17.5 Å². The highest BCUT2D eigenvalue weighted by atomic mass is 16.2. The first-order chi connectivity index (χ1) is 10.7. The van der Waals surface area contributed by atoms with Gasteiger partial charge in [0.15, 0.2) is 0 Å². The predicted molar refractivity (Wildman–Crippen MR) is 88.9 cm³/mol. The molecule has 1 aliphatic rings. The Morgan fingerprint density at radius 1 is 1.30 bits per heavy atom. The van der Waals surface area contributed by atoms with E-state index in [0.29, 0.717) is 13.0 Å². The Morgan fingerprint density at radius 2 is 1.87 bits per heavy atom. The molecule has 0 spiro atoms. The molecule has 1 N–H and O–H groups in total. The van der Waals surface area contributed by atoms with Crippen LogP contribution in [0.4, 0.5) is 5.69 Å². The highest BCUT2D eigenvalue weighted by molar-refractivity contribution is 6.03. The third-order valence-electron chi connectivity index (χ3n) is 4.26. The van der Waals surface area contributed by atoms with Gasteiger partial charge in [-0.3, -0.25) is 9.59 Å². The number of nitriles is 1. The molecule has 1 saturated heterocycles. The molecule has 2 amide bonds. The second-order valence-corrected chi connectivity index (χ2v) is 6.79. The lowest BCUT2D eigenvalue weighted by Gasteiger charge is -2.23. The van der Waals surface area contributed by atoms with Crippen molar-refractivity contribution in [3.05, 3.63) is 28.8 Å². The number of carbonyl (C=O) groups is 2. The second-order valence-electron chi connectivity index (χ2n) is 6.79. The van der Waals surface area contributed by atoms with E-state index in [1.165, 1.54) is 0 Å². The van der Waals surface area contributed by atoms with E-state index in [1.807, 2.05) is 26.8 Å². The Hall–Kier alpha value is -2.35. The summed E-state index contributed by atoms with van der Waals surface area (Å²) in [6.45, 7) is 9.69. The molecule has 1 aliphatic heterocycles. The lowest BCUT2D eigenvalue weighted by molar-refractivity contribution is -0.130. The van der Waals surface area contributed by atoms with E-state index >= 15 is 0 Å². The molecule has 2 rings (SSSR count). The molecule has 23 heavy (non-hydrogen) atoms. The molecule has 0 saturated carbocycles. The lowest BCUT2D eigenvalue weighted by atomic mass is 9.94. The quantitative estimate of drug-likeness (QED) is 0.931. The van der Waals surface area contributed by atoms with Crippen molar-refractivity contribution in [1.29, 1.82) is 5.26 Å². The first-order valence-electron chi connectivity index (χ1n) is 7.79. The standard InChI is InChI=1S/C18H23N3O2/c1-11-8-12(2)15(13(3)9-11)21-7-6-14(16(21)22)20-17(23)18(4,5)10-19/h8-9,14H,6-7H2,1-5H3,(H,20,23)/t14-/m1/s1. The van der Waals surface area contributed by atoms with Gasteiger partial charge < -0.3 is 10.2 Å². The summed E-state index contributed by atoms with van der Waals surface area (Å²) in [5, 5.41) is 11.7. The molecule has 1 aromatic rings. The highest BCUT2D eigenvalue weighted by Gasteiger charge is 2.38. The van der Waals surface area contributed by atoms with Crippen molar-refractivity contribution in [1.82, 2.24) is 5.32 Å². The minimum absolute atomic E-state index is 0.109. The van der Waals surface area contributed by atoms with Crippen LogP contribution in [0.25, 0.3) is 0 Å². The monoisotopic (exact) mass is 313 g/mol. The number of rotatable bonds is 3. The van der Waals surface area contributed by atoms with Gasteiger partial charge in [0.25, 0.3) is 0 Å². The Balaban J connectivity index is 2.21. The molecule has 1 aromatic carbocycles. The molecule has 0 unspecified atom stereocenters. The Bertz CT molecular complexity index is 678. The molecule has 122 valence electrons. The Kier molecular flexibility index (Phi) is 4.46. The van der Waals surface area contributed by atoms with Crippen LogP contribution in [0.15, 0.2) is 12.1 Å². The van der Waals surface area contributed by atoms with Gasteiger partial charge >= 0.3 is 0 Å². The third kappa shape index (κ3) is 3.21. The molecule has 5 nitrogen and oxygen atoms in total. The van der Waals surface area contributed by atoms with Gasteiger partial charge in [-0.1, -0.05) is 17.7 Å². The number of hydrogen-bond acceptors (Lipinski definition) is 3. The molecule has 1 heterocycles. The molecule has 0 radical (unpaired) electrons. The van der Waals surface area contributed by atoms with Gasteiger partial charge in [0.2, 0.25) is 11.8 Å². The van der Waals surface area contributed by atoms with Crippen molar-refractivity contribution in [2.45, 2.75) is 47.1 Å². The topological polar surface area (TPSA) is 73.2 Å². The second kappa shape index (κ2) is 6.04. The third-order valence-corrected chi connectivity index (χ3v) is 4.26. The van der Waals surface area contributed by atoms with Gasteiger partial charge in [0, 0.05) is 12.2 Å². The van der Waals surface area contributed by atoms with Crippen LogP contribution in [0.1, 0.15) is 37.0 Å². The number of amides is 2. The van der Waals surface area contributed by atoms with Crippen LogP contribution in [0.2, 0.25) is 0 Å². The van der Waals surface area contributed by atoms with E-state index < -0.39 is 17.4 Å². The van der Waals surface area contributed by atoms with Gasteiger partial charge in [-0.15, -0.1) is 0 Å². The fourth-order valence-electron chi connectivity index (χ4n) is 3.02. The van der Waals surface area contributed by atoms with E-state index in [0.717, 1.165) is 22.4 Å². The van der Waals surface area contributed by atoms with Crippen molar-refractivity contribution in [2.75, 3.05) is 11.4 Å². The lowest BCUT2D eigenvalue weighted by Crippen LogP contribution is -2.46. The van der Waals surface area contributed by atoms with Crippen LogP contribution in [0, 0.1) is 37.5 Å². The van der Waals surface area contributed by atoms with E-state index in [-0.39, 0.29) is 5.91 Å². The summed E-state index contributed by atoms with van der Waals surface area (Å²) in [5.74, 6) is -0.514. The molecule has 5 heteroatoms. The largest absolute Gasteiger partial charge is 0.343 e. The van der Waals surface area contributed by atoms with Crippen molar-refractivity contribution < 1.29 is 9.59 Å². The summed E-state index contributed by atoms with van der Waals surface area (Å²) >= 11 is 0. The average molecular weight is 313 g/mol. The number of nitrogens with one attached hydrogen (secondary N) is 1. The van der Waals surface area contributed by atoms with E-state index in [2.05, 4.69) is 17.4 Å². The number of carbonyl (C=O) groups excluding carboxylic acids is 2. The fourth-order valence-corrected chi connectivity index (χ4v) is 3.02. The van der Waals surface area contributed by atoms with E-state index in [9.17, 15) is 9.59 Å². The molecule has 0 bridgehead atoms. The zero-order chi connectivity index (χ0) is 17.4. The number of benzene rings is 1. The summed E-state index contributed by atoms with van der Waals surface area (Å²) in [7, 11) is 0. The Morgan fingerprint density at radius 3 is 2.39 bits per heavy atom. The van der Waals surface area contributed by atoms with E-state index in [1.54, 1.807) is 18.7 Å². The number of aryl methyl sites for hydroxylation is 3. The summed E-state index contributed by atoms with van der Waals surface area (Å²) in [5.41, 5.74) is 3.07. The summed E-state index contributed by atoms with van der Waals surface area (Å²) in [4.78, 5) is 26.5. The minimum Gasteiger partial charge on any atom is -0.343 e. The molecule has 0 aliphatic carbocycles. The Labute approximate surface area is 137 Å². The average Bonchev–Trinajstić information content (AvgIpc) is 2.79. The van der Waals surface area contributed by atoms with Gasteiger partial charge in [-0.2, -0.15) is 5.26 Å². The molecular formula is C18H23N3O2. The number of nitrogens with zero attached hydrogens (tertiary/aromatic N) is 2. The van der Waals surface area contributed by atoms with Gasteiger partial charge in [-0.05, 0) is 52.2 Å². The van der Waals surface area contributed by atoms with Crippen molar-refractivity contribution in [2.24, 2.45) is 5.41 Å².